The van der Waals surface area contributed by atoms with Crippen molar-refractivity contribution < 1.29 is 5.11 Å². The van der Waals surface area contributed by atoms with E-state index in [-0.39, 0.29) is 5.92 Å². The van der Waals surface area contributed by atoms with Crippen LogP contribution >= 0.6 is 11.6 Å². The first-order valence-electron chi connectivity index (χ1n) is 7.25. The number of benzene rings is 1. The molecule has 0 saturated carbocycles. The average Bonchev–Trinajstić information content (AvgIpc) is 2.36. The number of rotatable bonds is 4. The molecule has 1 fully saturated rings. The molecular formula is C16H25ClN2O. The van der Waals surface area contributed by atoms with Crippen LogP contribution < -0.4 is 0 Å². The van der Waals surface area contributed by atoms with E-state index in [0.29, 0.717) is 0 Å². The monoisotopic (exact) mass is 296 g/mol. The first-order valence-corrected chi connectivity index (χ1v) is 7.63. The molecular weight excluding hydrogens is 272 g/mol. The van der Waals surface area contributed by atoms with E-state index in [2.05, 4.69) is 22.9 Å². The van der Waals surface area contributed by atoms with Gasteiger partial charge in [-0.05, 0) is 38.6 Å². The van der Waals surface area contributed by atoms with E-state index >= 15 is 0 Å². The lowest BCUT2D eigenvalue weighted by Gasteiger charge is -2.38. The van der Waals surface area contributed by atoms with Crippen LogP contribution in [0.1, 0.15) is 25.3 Å². The Hall–Kier alpha value is -0.610. The molecule has 1 aromatic rings. The SMILES string of the molecule is CN1CCN(CC(c2cccc(Cl)c2)C(C)(C)O)CC1. The third-order valence-electron chi connectivity index (χ3n) is 4.14. The van der Waals surface area contributed by atoms with Crippen LogP contribution in [0.5, 0.6) is 0 Å². The Morgan fingerprint density at radius 1 is 1.25 bits per heavy atom. The van der Waals surface area contributed by atoms with Crippen molar-refractivity contribution in [1.82, 2.24) is 9.80 Å². The first-order chi connectivity index (χ1) is 9.36. The van der Waals surface area contributed by atoms with Crippen molar-refractivity contribution in [3.05, 3.63) is 34.9 Å². The summed E-state index contributed by atoms with van der Waals surface area (Å²) in [6.45, 7) is 8.94. The molecule has 1 heterocycles. The smallest absolute Gasteiger partial charge is 0.0672 e. The molecule has 1 aliphatic heterocycles. The molecule has 2 rings (SSSR count). The van der Waals surface area contributed by atoms with Gasteiger partial charge in [0.1, 0.15) is 0 Å². The summed E-state index contributed by atoms with van der Waals surface area (Å²) in [5.41, 5.74) is 0.359. The van der Waals surface area contributed by atoms with Gasteiger partial charge in [0.25, 0.3) is 0 Å². The van der Waals surface area contributed by atoms with Crippen molar-refractivity contribution in [3.63, 3.8) is 0 Å². The van der Waals surface area contributed by atoms with E-state index in [1.807, 2.05) is 32.0 Å². The molecule has 1 saturated heterocycles. The minimum Gasteiger partial charge on any atom is -0.390 e. The summed E-state index contributed by atoms with van der Waals surface area (Å²) in [7, 11) is 2.15. The molecule has 1 unspecified atom stereocenters. The predicted molar refractivity (Wildman–Crippen MR) is 84.4 cm³/mol. The van der Waals surface area contributed by atoms with E-state index in [0.717, 1.165) is 43.3 Å². The fraction of sp³-hybridized carbons (Fsp3) is 0.625. The zero-order valence-electron chi connectivity index (χ0n) is 12.6. The molecule has 1 aliphatic rings. The fourth-order valence-corrected chi connectivity index (χ4v) is 2.95. The quantitative estimate of drug-likeness (QED) is 0.924. The van der Waals surface area contributed by atoms with E-state index < -0.39 is 5.60 Å². The summed E-state index contributed by atoms with van der Waals surface area (Å²) >= 11 is 6.10. The summed E-state index contributed by atoms with van der Waals surface area (Å²) in [4.78, 5) is 4.78. The Balaban J connectivity index is 2.13. The van der Waals surface area contributed by atoms with Crippen LogP contribution in [0.4, 0.5) is 0 Å². The van der Waals surface area contributed by atoms with Gasteiger partial charge in [-0.2, -0.15) is 0 Å². The van der Waals surface area contributed by atoms with Crippen molar-refractivity contribution in [2.45, 2.75) is 25.4 Å². The van der Waals surface area contributed by atoms with Crippen molar-refractivity contribution in [3.8, 4) is 0 Å². The molecule has 0 aliphatic carbocycles. The van der Waals surface area contributed by atoms with Gasteiger partial charge in [0.05, 0.1) is 5.60 Å². The van der Waals surface area contributed by atoms with E-state index in [1.54, 1.807) is 0 Å². The summed E-state index contributed by atoms with van der Waals surface area (Å²) in [5.74, 6) is 0.0737. The predicted octanol–water partition coefficient (Wildman–Crippen LogP) is 2.44. The highest BCUT2D eigenvalue weighted by Gasteiger charge is 2.31. The highest BCUT2D eigenvalue weighted by Crippen LogP contribution is 2.30. The van der Waals surface area contributed by atoms with Crippen LogP contribution in [-0.4, -0.2) is 60.3 Å². The molecule has 20 heavy (non-hydrogen) atoms. The van der Waals surface area contributed by atoms with Gasteiger partial charge in [-0.15, -0.1) is 0 Å². The van der Waals surface area contributed by atoms with Crippen LogP contribution in [0.25, 0.3) is 0 Å². The number of hydrogen-bond acceptors (Lipinski definition) is 3. The van der Waals surface area contributed by atoms with Crippen LogP contribution in [-0.2, 0) is 0 Å². The lowest BCUT2D eigenvalue weighted by molar-refractivity contribution is 0.0275. The van der Waals surface area contributed by atoms with Crippen LogP contribution in [0.15, 0.2) is 24.3 Å². The molecule has 112 valence electrons. The highest BCUT2D eigenvalue weighted by molar-refractivity contribution is 6.30. The highest BCUT2D eigenvalue weighted by atomic mass is 35.5. The summed E-state index contributed by atoms with van der Waals surface area (Å²) < 4.78 is 0. The Labute approximate surface area is 127 Å². The third kappa shape index (κ3) is 4.19. The Morgan fingerprint density at radius 2 is 1.90 bits per heavy atom. The van der Waals surface area contributed by atoms with Crippen molar-refractivity contribution in [2.75, 3.05) is 39.8 Å². The molecule has 1 aromatic carbocycles. The molecule has 0 aromatic heterocycles. The zero-order valence-corrected chi connectivity index (χ0v) is 13.4. The molecule has 1 N–H and O–H groups in total. The molecule has 3 nitrogen and oxygen atoms in total. The Kier molecular flexibility index (Phi) is 5.08. The van der Waals surface area contributed by atoms with Crippen LogP contribution in [0.2, 0.25) is 5.02 Å². The minimum absolute atomic E-state index is 0.0737. The second-order valence-electron chi connectivity index (χ2n) is 6.37. The molecule has 4 heteroatoms. The van der Waals surface area contributed by atoms with Crippen molar-refractivity contribution in [2.24, 2.45) is 0 Å². The lowest BCUT2D eigenvalue weighted by atomic mass is 9.84. The maximum absolute atomic E-state index is 10.5. The first kappa shape index (κ1) is 15.8. The van der Waals surface area contributed by atoms with E-state index in [9.17, 15) is 5.11 Å². The van der Waals surface area contributed by atoms with Crippen LogP contribution in [0.3, 0.4) is 0 Å². The van der Waals surface area contributed by atoms with Gasteiger partial charge in [-0.25, -0.2) is 0 Å². The largest absolute Gasteiger partial charge is 0.390 e. The molecule has 0 radical (unpaired) electrons. The molecule has 0 bridgehead atoms. The van der Waals surface area contributed by atoms with Gasteiger partial charge in [-0.3, -0.25) is 0 Å². The number of nitrogens with zero attached hydrogens (tertiary/aromatic N) is 2. The summed E-state index contributed by atoms with van der Waals surface area (Å²) in [5, 5.41) is 11.3. The lowest BCUT2D eigenvalue weighted by Crippen LogP contribution is -2.48. The van der Waals surface area contributed by atoms with Crippen molar-refractivity contribution in [1.29, 1.82) is 0 Å². The summed E-state index contributed by atoms with van der Waals surface area (Å²) in [6.07, 6.45) is 0. The van der Waals surface area contributed by atoms with E-state index in [4.69, 9.17) is 11.6 Å². The van der Waals surface area contributed by atoms with Gasteiger partial charge in [0.2, 0.25) is 0 Å². The standard InChI is InChI=1S/C16H25ClN2O/c1-16(2,20)15(13-5-4-6-14(17)11-13)12-19-9-7-18(3)8-10-19/h4-6,11,15,20H,7-10,12H2,1-3H3. The molecule has 0 spiro atoms. The van der Waals surface area contributed by atoms with Gasteiger partial charge >= 0.3 is 0 Å². The molecule has 0 amide bonds. The van der Waals surface area contributed by atoms with Crippen LogP contribution in [0, 0.1) is 0 Å². The normalized spacial score (nSPS) is 20.1. The van der Waals surface area contributed by atoms with Gasteiger partial charge in [0.15, 0.2) is 0 Å². The third-order valence-corrected chi connectivity index (χ3v) is 4.38. The van der Waals surface area contributed by atoms with E-state index in [1.165, 1.54) is 0 Å². The minimum atomic E-state index is -0.756. The average molecular weight is 297 g/mol. The Bertz CT molecular complexity index is 436. The second kappa shape index (κ2) is 6.44. The second-order valence-corrected chi connectivity index (χ2v) is 6.80. The topological polar surface area (TPSA) is 26.7 Å². The van der Waals surface area contributed by atoms with Gasteiger partial charge in [-0.1, -0.05) is 23.7 Å². The molecule has 1 atom stereocenters. The maximum Gasteiger partial charge on any atom is 0.0672 e. The number of aliphatic hydroxyl groups is 1. The zero-order chi connectivity index (χ0) is 14.8. The Morgan fingerprint density at radius 3 is 2.45 bits per heavy atom. The van der Waals surface area contributed by atoms with Gasteiger partial charge < -0.3 is 14.9 Å². The number of piperazine rings is 1. The fourth-order valence-electron chi connectivity index (χ4n) is 2.75. The maximum atomic E-state index is 10.5. The summed E-state index contributed by atoms with van der Waals surface area (Å²) in [6, 6.07) is 7.87. The number of hydrogen-bond donors (Lipinski definition) is 1. The number of likely N-dealkylation sites (N-methyl/N-ethyl adjacent to an activating group) is 1. The van der Waals surface area contributed by atoms with Crippen molar-refractivity contribution >= 4 is 11.6 Å². The number of halogens is 1. The van der Waals surface area contributed by atoms with Gasteiger partial charge in [0, 0.05) is 43.7 Å².